The molecule has 0 aromatic heterocycles. The van der Waals surface area contributed by atoms with E-state index < -0.39 is 12.1 Å². The molecule has 0 bridgehead atoms. The second-order valence-electron chi connectivity index (χ2n) is 4.93. The van der Waals surface area contributed by atoms with Gasteiger partial charge in [-0.1, -0.05) is 54.6 Å². The Labute approximate surface area is 167 Å². The summed E-state index contributed by atoms with van der Waals surface area (Å²) in [5.41, 5.74) is -0.814. The highest BCUT2D eigenvalue weighted by atomic mass is 35.5. The fourth-order valence-electron chi connectivity index (χ4n) is 1.83. The summed E-state index contributed by atoms with van der Waals surface area (Å²) in [6.45, 7) is -3.30. The Morgan fingerprint density at radius 3 is 1.41 bits per heavy atom. The second-order valence-corrected chi connectivity index (χ2v) is 7.93. The van der Waals surface area contributed by atoms with Crippen LogP contribution in [0, 0.1) is 0 Å². The molecule has 0 amide bonds. The number of para-hydroxylation sites is 3. The number of ether oxygens (including phenoxy) is 1. The highest BCUT2D eigenvalue weighted by Gasteiger charge is 2.18. The van der Waals surface area contributed by atoms with Crippen LogP contribution in [0.25, 0.3) is 0 Å². The largest absolute Gasteiger partial charge is 0.432 e. The van der Waals surface area contributed by atoms with E-state index in [-0.39, 0.29) is 0 Å². The molecule has 0 radical (unpaired) electrons. The Morgan fingerprint density at radius 1 is 0.741 bits per heavy atom. The summed E-state index contributed by atoms with van der Waals surface area (Å²) in [4.78, 5) is 20.1. The molecule has 0 saturated carbocycles. The molecule has 140 valence electrons. The SMILES string of the molecule is O=C(Cl)Oc1ccccc1.OP(=S)(Oc1ccccc1)Oc1ccccc1. The Hall–Kier alpha value is -2.37. The quantitative estimate of drug-likeness (QED) is 0.415. The van der Waals surface area contributed by atoms with Gasteiger partial charge < -0.3 is 18.7 Å². The predicted molar refractivity (Wildman–Crippen MR) is 109 cm³/mol. The van der Waals surface area contributed by atoms with Crippen LogP contribution in [0.15, 0.2) is 91.0 Å². The molecule has 8 heteroatoms. The Balaban J connectivity index is 0.000000223. The lowest BCUT2D eigenvalue weighted by molar-refractivity contribution is 0.225. The second kappa shape index (κ2) is 10.7. The van der Waals surface area contributed by atoms with E-state index in [1.165, 1.54) is 0 Å². The van der Waals surface area contributed by atoms with Gasteiger partial charge in [0.1, 0.15) is 17.2 Å². The van der Waals surface area contributed by atoms with Crippen molar-refractivity contribution >= 4 is 35.6 Å². The zero-order valence-corrected chi connectivity index (χ0v) is 16.4. The van der Waals surface area contributed by atoms with Gasteiger partial charge in [0.2, 0.25) is 0 Å². The minimum atomic E-state index is -3.30. The third kappa shape index (κ3) is 8.71. The number of carbonyl (C=O) groups excluding carboxylic acids is 1. The van der Waals surface area contributed by atoms with E-state index in [4.69, 9.17) is 32.5 Å². The van der Waals surface area contributed by atoms with E-state index in [0.29, 0.717) is 17.2 Å². The normalized spacial score (nSPS) is 10.1. The summed E-state index contributed by atoms with van der Waals surface area (Å²) in [5, 5.41) is 0. The van der Waals surface area contributed by atoms with Gasteiger partial charge in [-0.15, -0.1) is 0 Å². The predicted octanol–water partition coefficient (Wildman–Crippen LogP) is 5.79. The Kier molecular flexibility index (Phi) is 8.30. The minimum absolute atomic E-state index is 0.461. The lowest BCUT2D eigenvalue weighted by atomic mass is 10.3. The summed E-state index contributed by atoms with van der Waals surface area (Å²) in [6, 6.07) is 26.4. The monoisotopic (exact) mass is 422 g/mol. The molecule has 0 aliphatic rings. The lowest BCUT2D eigenvalue weighted by Gasteiger charge is -2.17. The number of hydrogen-bond donors (Lipinski definition) is 1. The molecule has 0 fully saturated rings. The maximum absolute atomic E-state index is 10.2. The zero-order valence-electron chi connectivity index (χ0n) is 14.0. The molecule has 1 N–H and O–H groups in total. The van der Waals surface area contributed by atoms with Crippen molar-refractivity contribution in [2.75, 3.05) is 0 Å². The molecule has 0 spiro atoms. The van der Waals surface area contributed by atoms with Crippen LogP contribution in [0.4, 0.5) is 4.79 Å². The van der Waals surface area contributed by atoms with Gasteiger partial charge in [-0.3, -0.25) is 0 Å². The van der Waals surface area contributed by atoms with Gasteiger partial charge in [-0.2, -0.15) is 0 Å². The Bertz CT molecular complexity index is 833. The summed E-state index contributed by atoms with van der Waals surface area (Å²) in [6.07, 6.45) is 0. The third-order valence-electron chi connectivity index (χ3n) is 2.87. The van der Waals surface area contributed by atoms with E-state index in [2.05, 4.69) is 4.74 Å². The molecule has 5 nitrogen and oxygen atoms in total. The van der Waals surface area contributed by atoms with Crippen molar-refractivity contribution in [1.29, 1.82) is 0 Å². The van der Waals surface area contributed by atoms with Gasteiger partial charge in [0.25, 0.3) is 0 Å². The van der Waals surface area contributed by atoms with Gasteiger partial charge in [0.15, 0.2) is 0 Å². The highest BCUT2D eigenvalue weighted by Crippen LogP contribution is 2.44. The van der Waals surface area contributed by atoms with Gasteiger partial charge >= 0.3 is 12.1 Å². The van der Waals surface area contributed by atoms with E-state index in [1.54, 1.807) is 72.8 Å². The first-order valence-corrected chi connectivity index (χ1v) is 10.7. The van der Waals surface area contributed by atoms with E-state index in [9.17, 15) is 9.69 Å². The van der Waals surface area contributed by atoms with E-state index >= 15 is 0 Å². The molecular weight excluding hydrogens is 407 g/mol. The molecule has 0 aliphatic carbocycles. The number of halogens is 1. The van der Waals surface area contributed by atoms with Crippen LogP contribution < -0.4 is 13.8 Å². The molecule has 0 atom stereocenters. The molecule has 27 heavy (non-hydrogen) atoms. The van der Waals surface area contributed by atoms with Gasteiger partial charge in [-0.05, 0) is 36.4 Å². The highest BCUT2D eigenvalue weighted by molar-refractivity contribution is 8.07. The topological polar surface area (TPSA) is 65.0 Å². The lowest BCUT2D eigenvalue weighted by Crippen LogP contribution is -1.99. The number of benzene rings is 3. The van der Waals surface area contributed by atoms with Crippen molar-refractivity contribution in [3.63, 3.8) is 0 Å². The van der Waals surface area contributed by atoms with Crippen molar-refractivity contribution < 1.29 is 23.5 Å². The van der Waals surface area contributed by atoms with Crippen LogP contribution in [0.1, 0.15) is 0 Å². The van der Waals surface area contributed by atoms with Crippen LogP contribution in [0.5, 0.6) is 17.2 Å². The van der Waals surface area contributed by atoms with Crippen LogP contribution in [0.3, 0.4) is 0 Å². The number of rotatable bonds is 5. The summed E-state index contributed by atoms with van der Waals surface area (Å²) in [5.74, 6) is 1.45. The van der Waals surface area contributed by atoms with Crippen LogP contribution in [-0.4, -0.2) is 10.3 Å². The fraction of sp³-hybridized carbons (Fsp3) is 0. The molecule has 0 unspecified atom stereocenters. The molecule has 3 aromatic carbocycles. The summed E-state index contributed by atoms with van der Waals surface area (Å²) in [7, 11) is 0. The van der Waals surface area contributed by atoms with Gasteiger partial charge in [-0.25, -0.2) is 4.79 Å². The van der Waals surface area contributed by atoms with E-state index in [1.807, 2.05) is 18.2 Å². The molecule has 0 aliphatic heterocycles. The summed E-state index contributed by atoms with van der Waals surface area (Å²) >= 11 is 9.88. The molecule has 3 rings (SSSR count). The van der Waals surface area contributed by atoms with Crippen molar-refractivity contribution in [2.24, 2.45) is 0 Å². The first kappa shape index (κ1) is 20.9. The maximum Gasteiger partial charge on any atom is 0.432 e. The van der Waals surface area contributed by atoms with Crippen molar-refractivity contribution in [1.82, 2.24) is 0 Å². The summed E-state index contributed by atoms with van der Waals surface area (Å²) < 4.78 is 15.1. The standard InChI is InChI=1S/C12H11O3PS.C7H5ClO2/c13-16(17,14-11-7-3-1-4-8-11)15-12-9-5-2-6-10-12;8-7(9)10-6-4-2-1-3-5-6/h1-10H,(H,13,17);1-5H. The first-order chi connectivity index (χ1) is 12.9. The molecule has 0 saturated heterocycles. The fourth-order valence-corrected chi connectivity index (χ4v) is 3.25. The van der Waals surface area contributed by atoms with Crippen molar-refractivity contribution in [3.05, 3.63) is 91.0 Å². The zero-order chi connectivity index (χ0) is 19.5. The smallest absolute Gasteiger partial charge is 0.416 e. The van der Waals surface area contributed by atoms with Crippen LogP contribution in [-0.2, 0) is 11.8 Å². The van der Waals surface area contributed by atoms with Gasteiger partial charge in [0.05, 0.1) is 0 Å². The van der Waals surface area contributed by atoms with Crippen LogP contribution >= 0.6 is 18.3 Å². The van der Waals surface area contributed by atoms with Gasteiger partial charge in [0, 0.05) is 23.4 Å². The van der Waals surface area contributed by atoms with Crippen molar-refractivity contribution in [2.45, 2.75) is 0 Å². The average Bonchev–Trinajstić information content (AvgIpc) is 2.63. The number of hydrogen-bond acceptors (Lipinski definition) is 5. The Morgan fingerprint density at radius 2 is 1.07 bits per heavy atom. The van der Waals surface area contributed by atoms with Crippen LogP contribution in [0.2, 0.25) is 0 Å². The maximum atomic E-state index is 10.2. The molecule has 0 heterocycles. The molecular formula is C19H16ClO5PS. The first-order valence-electron chi connectivity index (χ1n) is 7.69. The average molecular weight is 423 g/mol. The third-order valence-corrected chi connectivity index (χ3v) is 4.28. The van der Waals surface area contributed by atoms with E-state index in [0.717, 1.165) is 0 Å². The minimum Gasteiger partial charge on any atom is -0.416 e. The molecule has 3 aromatic rings. The number of carbonyl (C=O) groups is 1. The van der Waals surface area contributed by atoms with Crippen molar-refractivity contribution in [3.8, 4) is 17.2 Å².